The van der Waals surface area contributed by atoms with E-state index in [1.807, 2.05) is 6.92 Å². The monoisotopic (exact) mass is 408 g/mol. The van der Waals surface area contributed by atoms with Gasteiger partial charge in [0.15, 0.2) is 5.96 Å². The van der Waals surface area contributed by atoms with Crippen molar-refractivity contribution in [2.45, 2.75) is 45.6 Å². The lowest BCUT2D eigenvalue weighted by Crippen LogP contribution is -2.50. The van der Waals surface area contributed by atoms with E-state index in [-0.39, 0.29) is 11.8 Å². The highest BCUT2D eigenvalue weighted by Gasteiger charge is 2.27. The van der Waals surface area contributed by atoms with Gasteiger partial charge in [-0.1, -0.05) is 12.1 Å². The molecular weight excluding hydrogens is 376 g/mol. The Kier molecular flexibility index (Phi) is 7.18. The molecule has 1 aromatic carbocycles. The molecule has 3 rings (SSSR count). The Morgan fingerprint density at radius 2 is 2.07 bits per heavy atom. The molecule has 0 amide bonds. The molecule has 0 bridgehead atoms. The van der Waals surface area contributed by atoms with E-state index in [1.54, 1.807) is 11.2 Å². The number of benzene rings is 1. The van der Waals surface area contributed by atoms with Crippen LogP contribution in [0.4, 0.5) is 0 Å². The fourth-order valence-electron chi connectivity index (χ4n) is 3.67. The molecule has 2 aliphatic rings. The fourth-order valence-corrected chi connectivity index (χ4v) is 4.80. The van der Waals surface area contributed by atoms with Crippen molar-refractivity contribution in [2.75, 3.05) is 38.5 Å². The van der Waals surface area contributed by atoms with Gasteiger partial charge < -0.3 is 15.4 Å². The molecule has 0 spiro atoms. The SMILES string of the molecule is CCNC(=NCCc1ccc2c(c1)CCO2)NC1CCN(S(=O)(=O)CC)CC1. The lowest BCUT2D eigenvalue weighted by Gasteiger charge is -2.32. The maximum atomic E-state index is 12.0. The summed E-state index contributed by atoms with van der Waals surface area (Å²) in [4.78, 5) is 4.71. The third kappa shape index (κ3) is 5.38. The third-order valence-electron chi connectivity index (χ3n) is 5.32. The smallest absolute Gasteiger partial charge is 0.213 e. The summed E-state index contributed by atoms with van der Waals surface area (Å²) in [5.41, 5.74) is 2.57. The number of nitrogens with zero attached hydrogens (tertiary/aromatic N) is 2. The summed E-state index contributed by atoms with van der Waals surface area (Å²) in [7, 11) is -3.08. The van der Waals surface area contributed by atoms with Gasteiger partial charge in [0, 0.05) is 38.6 Å². The second-order valence-corrected chi connectivity index (χ2v) is 9.53. The molecule has 0 saturated carbocycles. The van der Waals surface area contributed by atoms with Crippen molar-refractivity contribution in [2.24, 2.45) is 4.99 Å². The minimum atomic E-state index is -3.08. The number of ether oxygens (including phenoxy) is 1. The Hall–Kier alpha value is -1.80. The van der Waals surface area contributed by atoms with E-state index in [9.17, 15) is 8.42 Å². The zero-order chi connectivity index (χ0) is 20.0. The van der Waals surface area contributed by atoms with Crippen molar-refractivity contribution >= 4 is 16.0 Å². The molecule has 7 nitrogen and oxygen atoms in total. The highest BCUT2D eigenvalue weighted by molar-refractivity contribution is 7.89. The number of hydrogen-bond acceptors (Lipinski definition) is 4. The van der Waals surface area contributed by atoms with E-state index in [1.165, 1.54) is 11.1 Å². The molecule has 0 unspecified atom stereocenters. The van der Waals surface area contributed by atoms with Crippen molar-refractivity contribution in [1.82, 2.24) is 14.9 Å². The zero-order valence-electron chi connectivity index (χ0n) is 16.9. The van der Waals surface area contributed by atoms with Gasteiger partial charge >= 0.3 is 0 Å². The summed E-state index contributed by atoms with van der Waals surface area (Å²) in [6.07, 6.45) is 3.48. The van der Waals surface area contributed by atoms with Crippen LogP contribution < -0.4 is 15.4 Å². The van der Waals surface area contributed by atoms with Gasteiger partial charge in [-0.2, -0.15) is 0 Å². The predicted molar refractivity (Wildman–Crippen MR) is 113 cm³/mol. The maximum Gasteiger partial charge on any atom is 0.213 e. The van der Waals surface area contributed by atoms with Crippen molar-refractivity contribution in [3.8, 4) is 5.75 Å². The molecule has 28 heavy (non-hydrogen) atoms. The van der Waals surface area contributed by atoms with E-state index in [0.717, 1.165) is 50.5 Å². The molecule has 2 N–H and O–H groups in total. The Labute approximate surface area is 168 Å². The van der Waals surface area contributed by atoms with E-state index in [4.69, 9.17) is 9.73 Å². The fraction of sp³-hybridized carbons (Fsp3) is 0.650. The minimum Gasteiger partial charge on any atom is -0.493 e. The quantitative estimate of drug-likeness (QED) is 0.528. The summed E-state index contributed by atoms with van der Waals surface area (Å²) in [6.45, 7) is 7.18. The molecular formula is C20H32N4O3S. The van der Waals surface area contributed by atoms with Crippen LogP contribution in [0.3, 0.4) is 0 Å². The number of sulfonamides is 1. The van der Waals surface area contributed by atoms with Crippen LogP contribution in [0.25, 0.3) is 0 Å². The van der Waals surface area contributed by atoms with Crippen LogP contribution in [0.1, 0.15) is 37.8 Å². The minimum absolute atomic E-state index is 0.171. The molecule has 2 heterocycles. The second kappa shape index (κ2) is 9.60. The van der Waals surface area contributed by atoms with Gasteiger partial charge in [0.1, 0.15) is 5.75 Å². The molecule has 156 valence electrons. The average Bonchev–Trinajstić information content (AvgIpc) is 3.16. The normalized spacial score (nSPS) is 18.6. The number of guanidine groups is 1. The van der Waals surface area contributed by atoms with E-state index in [0.29, 0.717) is 19.6 Å². The largest absolute Gasteiger partial charge is 0.493 e. The van der Waals surface area contributed by atoms with Gasteiger partial charge in [-0.3, -0.25) is 4.99 Å². The van der Waals surface area contributed by atoms with Crippen molar-refractivity contribution in [3.05, 3.63) is 29.3 Å². The number of hydrogen-bond donors (Lipinski definition) is 2. The number of nitrogens with one attached hydrogen (secondary N) is 2. The first-order chi connectivity index (χ1) is 13.5. The molecule has 2 aliphatic heterocycles. The van der Waals surface area contributed by atoms with Gasteiger partial charge in [0.2, 0.25) is 10.0 Å². The topological polar surface area (TPSA) is 83.0 Å². The van der Waals surface area contributed by atoms with Gasteiger partial charge in [-0.15, -0.1) is 0 Å². The summed E-state index contributed by atoms with van der Waals surface area (Å²) < 4.78 is 31.2. The molecule has 1 aromatic rings. The number of rotatable bonds is 7. The van der Waals surface area contributed by atoms with E-state index < -0.39 is 10.0 Å². The van der Waals surface area contributed by atoms with Gasteiger partial charge in [0.25, 0.3) is 0 Å². The number of piperidine rings is 1. The summed E-state index contributed by atoms with van der Waals surface area (Å²) in [5, 5.41) is 6.77. The van der Waals surface area contributed by atoms with Gasteiger partial charge in [-0.25, -0.2) is 12.7 Å². The number of fused-ring (bicyclic) bond motifs is 1. The van der Waals surface area contributed by atoms with Gasteiger partial charge in [-0.05, 0) is 50.3 Å². The molecule has 0 atom stereocenters. The zero-order valence-corrected chi connectivity index (χ0v) is 17.7. The third-order valence-corrected chi connectivity index (χ3v) is 7.20. The Morgan fingerprint density at radius 3 is 2.79 bits per heavy atom. The van der Waals surface area contributed by atoms with Crippen LogP contribution in [-0.4, -0.2) is 63.3 Å². The standard InChI is InChI=1S/C20H32N4O3S/c1-3-21-20(23-18-8-12-24(13-9-18)28(25,26)4-2)22-11-7-16-5-6-19-17(15-16)10-14-27-19/h5-6,15,18H,3-4,7-14H2,1-2H3,(H2,21,22,23). The summed E-state index contributed by atoms with van der Waals surface area (Å²) >= 11 is 0. The van der Waals surface area contributed by atoms with Crippen LogP contribution in [0.2, 0.25) is 0 Å². The molecule has 1 saturated heterocycles. The maximum absolute atomic E-state index is 12.0. The van der Waals surface area contributed by atoms with Crippen molar-refractivity contribution < 1.29 is 13.2 Å². The average molecular weight is 409 g/mol. The van der Waals surface area contributed by atoms with Crippen LogP contribution >= 0.6 is 0 Å². The van der Waals surface area contributed by atoms with Crippen LogP contribution in [0.5, 0.6) is 5.75 Å². The van der Waals surface area contributed by atoms with Gasteiger partial charge in [0.05, 0.1) is 12.4 Å². The Morgan fingerprint density at radius 1 is 1.29 bits per heavy atom. The predicted octanol–water partition coefficient (Wildman–Crippen LogP) is 1.53. The summed E-state index contributed by atoms with van der Waals surface area (Å²) in [5.74, 6) is 1.99. The summed E-state index contributed by atoms with van der Waals surface area (Å²) in [6, 6.07) is 6.65. The molecule has 0 radical (unpaired) electrons. The van der Waals surface area contributed by atoms with Crippen LogP contribution in [0.15, 0.2) is 23.2 Å². The lowest BCUT2D eigenvalue weighted by atomic mass is 10.1. The van der Waals surface area contributed by atoms with E-state index in [2.05, 4.69) is 28.8 Å². The highest BCUT2D eigenvalue weighted by Crippen LogP contribution is 2.26. The molecule has 1 fully saturated rings. The molecule has 0 aliphatic carbocycles. The lowest BCUT2D eigenvalue weighted by molar-refractivity contribution is 0.306. The Balaban J connectivity index is 1.50. The van der Waals surface area contributed by atoms with Crippen LogP contribution in [0, 0.1) is 0 Å². The van der Waals surface area contributed by atoms with Crippen LogP contribution in [-0.2, 0) is 22.9 Å². The Bertz CT molecular complexity index is 787. The highest BCUT2D eigenvalue weighted by atomic mass is 32.2. The first-order valence-corrected chi connectivity index (χ1v) is 11.9. The second-order valence-electron chi connectivity index (χ2n) is 7.27. The molecule has 0 aromatic heterocycles. The van der Waals surface area contributed by atoms with E-state index >= 15 is 0 Å². The number of aliphatic imine (C=N–C) groups is 1. The first-order valence-electron chi connectivity index (χ1n) is 10.3. The molecule has 8 heteroatoms. The van der Waals surface area contributed by atoms with Crippen molar-refractivity contribution in [3.63, 3.8) is 0 Å². The van der Waals surface area contributed by atoms with Crippen molar-refractivity contribution in [1.29, 1.82) is 0 Å². The first kappa shape index (κ1) is 20.9.